The highest BCUT2D eigenvalue weighted by Gasteiger charge is 1.97. The van der Waals surface area contributed by atoms with E-state index in [1.807, 2.05) is 52.0 Å². The maximum atomic E-state index is 5.67. The molecule has 0 spiro atoms. The molecular weight excluding hydrogens is 300 g/mol. The first-order chi connectivity index (χ1) is 8.81. The highest BCUT2D eigenvalue weighted by Crippen LogP contribution is 2.21. The Bertz CT molecular complexity index is 527. The molecule has 0 aliphatic rings. The van der Waals surface area contributed by atoms with Crippen molar-refractivity contribution in [2.24, 2.45) is 0 Å². The van der Waals surface area contributed by atoms with E-state index in [0.717, 1.165) is 27.0 Å². The van der Waals surface area contributed by atoms with Crippen molar-refractivity contribution < 1.29 is 0 Å². The van der Waals surface area contributed by atoms with E-state index in [0.29, 0.717) is 0 Å². The summed E-state index contributed by atoms with van der Waals surface area (Å²) in [6, 6.07) is 10.1. The maximum absolute atomic E-state index is 5.67. The standard InChI is InChI=1S/C8H10BrN.C8H11N/c1-5-4-8(10)6(2)3-7(5)9;1-6-3-4-7(2)8(9)5-6/h3-4H,10H2,1-2H3;3-5H,9H2,1-2H3. The van der Waals surface area contributed by atoms with Gasteiger partial charge in [0, 0.05) is 15.8 Å². The third-order valence-corrected chi connectivity index (χ3v) is 3.84. The lowest BCUT2D eigenvalue weighted by molar-refractivity contribution is 1.37. The molecule has 2 rings (SSSR count). The molecule has 0 bridgehead atoms. The van der Waals surface area contributed by atoms with Crippen LogP contribution in [0.1, 0.15) is 22.3 Å². The summed E-state index contributed by atoms with van der Waals surface area (Å²) >= 11 is 3.42. The van der Waals surface area contributed by atoms with Gasteiger partial charge < -0.3 is 11.5 Å². The molecule has 3 heteroatoms. The van der Waals surface area contributed by atoms with Gasteiger partial charge in [0.25, 0.3) is 0 Å². The van der Waals surface area contributed by atoms with Gasteiger partial charge in [-0.1, -0.05) is 28.1 Å². The minimum Gasteiger partial charge on any atom is -0.399 e. The summed E-state index contributed by atoms with van der Waals surface area (Å²) in [5.74, 6) is 0. The van der Waals surface area contributed by atoms with Crippen LogP contribution < -0.4 is 11.5 Å². The molecule has 0 amide bonds. The summed E-state index contributed by atoms with van der Waals surface area (Å²) in [4.78, 5) is 0. The Kier molecular flexibility index (Phi) is 5.43. The molecule has 0 radical (unpaired) electrons. The van der Waals surface area contributed by atoms with Crippen LogP contribution in [0.15, 0.2) is 34.8 Å². The van der Waals surface area contributed by atoms with Crippen LogP contribution in [0.5, 0.6) is 0 Å². The molecule has 2 aromatic carbocycles. The second-order valence-corrected chi connectivity index (χ2v) is 5.67. The number of halogens is 1. The molecule has 0 saturated heterocycles. The molecule has 0 saturated carbocycles. The molecule has 0 aliphatic carbocycles. The lowest BCUT2D eigenvalue weighted by atomic mass is 10.1. The van der Waals surface area contributed by atoms with Crippen molar-refractivity contribution in [2.75, 3.05) is 11.5 Å². The number of aryl methyl sites for hydroxylation is 4. The first kappa shape index (κ1) is 15.6. The number of hydrogen-bond acceptors (Lipinski definition) is 2. The summed E-state index contributed by atoms with van der Waals surface area (Å²) < 4.78 is 1.12. The number of nitrogens with two attached hydrogens (primary N) is 2. The van der Waals surface area contributed by atoms with E-state index in [-0.39, 0.29) is 0 Å². The molecule has 0 fully saturated rings. The van der Waals surface area contributed by atoms with Crippen molar-refractivity contribution in [2.45, 2.75) is 27.7 Å². The number of nitrogen functional groups attached to an aromatic ring is 2. The Balaban J connectivity index is 0.000000191. The summed E-state index contributed by atoms with van der Waals surface area (Å²) in [5.41, 5.74) is 17.7. The highest BCUT2D eigenvalue weighted by molar-refractivity contribution is 9.10. The van der Waals surface area contributed by atoms with Crippen molar-refractivity contribution in [1.82, 2.24) is 0 Å². The zero-order valence-corrected chi connectivity index (χ0v) is 13.5. The lowest BCUT2D eigenvalue weighted by Gasteiger charge is -2.02. The topological polar surface area (TPSA) is 52.0 Å². The van der Waals surface area contributed by atoms with E-state index < -0.39 is 0 Å². The van der Waals surface area contributed by atoms with E-state index in [1.165, 1.54) is 11.1 Å². The van der Waals surface area contributed by atoms with E-state index in [1.54, 1.807) is 0 Å². The summed E-state index contributed by atoms with van der Waals surface area (Å²) in [6.45, 7) is 8.07. The second kappa shape index (κ2) is 6.62. The van der Waals surface area contributed by atoms with Gasteiger partial charge in [0.15, 0.2) is 0 Å². The Morgan fingerprint density at radius 3 is 1.79 bits per heavy atom. The van der Waals surface area contributed by atoms with E-state index in [2.05, 4.69) is 22.0 Å². The molecule has 0 aliphatic heterocycles. The molecular formula is C16H21BrN2. The molecule has 19 heavy (non-hydrogen) atoms. The van der Waals surface area contributed by atoms with Gasteiger partial charge >= 0.3 is 0 Å². The van der Waals surface area contributed by atoms with Crippen molar-refractivity contribution in [1.29, 1.82) is 0 Å². The molecule has 2 aromatic rings. The van der Waals surface area contributed by atoms with Crippen molar-refractivity contribution >= 4 is 27.3 Å². The summed E-state index contributed by atoms with van der Waals surface area (Å²) in [7, 11) is 0. The maximum Gasteiger partial charge on any atom is 0.0347 e. The van der Waals surface area contributed by atoms with Gasteiger partial charge in [-0.25, -0.2) is 0 Å². The molecule has 2 nitrogen and oxygen atoms in total. The van der Waals surface area contributed by atoms with Gasteiger partial charge in [-0.15, -0.1) is 0 Å². The predicted molar refractivity (Wildman–Crippen MR) is 88.4 cm³/mol. The number of rotatable bonds is 0. The number of hydrogen-bond donors (Lipinski definition) is 2. The third kappa shape index (κ3) is 4.60. The molecule has 102 valence electrons. The minimum atomic E-state index is 0.862. The Hall–Kier alpha value is -1.48. The van der Waals surface area contributed by atoms with Crippen LogP contribution in [0.4, 0.5) is 11.4 Å². The quantitative estimate of drug-likeness (QED) is 0.700. The lowest BCUT2D eigenvalue weighted by Crippen LogP contribution is -1.90. The van der Waals surface area contributed by atoms with E-state index >= 15 is 0 Å². The monoisotopic (exact) mass is 320 g/mol. The highest BCUT2D eigenvalue weighted by atomic mass is 79.9. The smallest absolute Gasteiger partial charge is 0.0347 e. The fourth-order valence-corrected chi connectivity index (χ4v) is 2.02. The van der Waals surface area contributed by atoms with Crippen LogP contribution >= 0.6 is 15.9 Å². The fourth-order valence-electron chi connectivity index (χ4n) is 1.56. The molecule has 0 heterocycles. The van der Waals surface area contributed by atoms with E-state index in [4.69, 9.17) is 11.5 Å². The van der Waals surface area contributed by atoms with Crippen molar-refractivity contribution in [3.05, 3.63) is 57.1 Å². The van der Waals surface area contributed by atoms with Crippen LogP contribution in [0, 0.1) is 27.7 Å². The Morgan fingerprint density at radius 2 is 1.32 bits per heavy atom. The number of anilines is 2. The van der Waals surface area contributed by atoms with Gasteiger partial charge in [0.1, 0.15) is 0 Å². The normalized spacial score (nSPS) is 9.74. The minimum absolute atomic E-state index is 0.862. The largest absolute Gasteiger partial charge is 0.399 e. The summed E-state index contributed by atoms with van der Waals surface area (Å²) in [5, 5.41) is 0. The molecule has 0 aromatic heterocycles. The fraction of sp³-hybridized carbons (Fsp3) is 0.250. The number of benzene rings is 2. The molecule has 0 atom stereocenters. The van der Waals surface area contributed by atoms with Crippen molar-refractivity contribution in [3.63, 3.8) is 0 Å². The predicted octanol–water partition coefficient (Wildman–Crippen LogP) is 4.53. The SMILES string of the molecule is Cc1cc(Br)c(C)cc1N.Cc1ccc(C)c(N)c1. The first-order valence-corrected chi connectivity index (χ1v) is 6.95. The average molecular weight is 321 g/mol. The Morgan fingerprint density at radius 1 is 0.737 bits per heavy atom. The van der Waals surface area contributed by atoms with Gasteiger partial charge in [-0.05, 0) is 68.1 Å². The average Bonchev–Trinajstić information content (AvgIpc) is 2.33. The zero-order chi connectivity index (χ0) is 14.6. The first-order valence-electron chi connectivity index (χ1n) is 6.16. The van der Waals surface area contributed by atoms with Crippen LogP contribution in [-0.4, -0.2) is 0 Å². The third-order valence-electron chi connectivity index (χ3n) is 2.98. The van der Waals surface area contributed by atoms with Crippen LogP contribution in [0.3, 0.4) is 0 Å². The van der Waals surface area contributed by atoms with Gasteiger partial charge in [-0.3, -0.25) is 0 Å². The zero-order valence-electron chi connectivity index (χ0n) is 11.9. The van der Waals surface area contributed by atoms with Gasteiger partial charge in [0.2, 0.25) is 0 Å². The second-order valence-electron chi connectivity index (χ2n) is 4.82. The van der Waals surface area contributed by atoms with Crippen molar-refractivity contribution in [3.8, 4) is 0 Å². The molecule has 0 unspecified atom stereocenters. The Labute approximate surface area is 124 Å². The van der Waals surface area contributed by atoms with E-state index in [9.17, 15) is 0 Å². The summed E-state index contributed by atoms with van der Waals surface area (Å²) in [6.07, 6.45) is 0. The van der Waals surface area contributed by atoms with Gasteiger partial charge in [-0.2, -0.15) is 0 Å². The van der Waals surface area contributed by atoms with Gasteiger partial charge in [0.05, 0.1) is 0 Å². The van der Waals surface area contributed by atoms with Crippen LogP contribution in [0.25, 0.3) is 0 Å². The van der Waals surface area contributed by atoms with Crippen LogP contribution in [0.2, 0.25) is 0 Å². The van der Waals surface area contributed by atoms with Crippen LogP contribution in [-0.2, 0) is 0 Å². The molecule has 4 N–H and O–H groups in total.